The SMILES string of the molecule is CC(=O)NC(C1CCCC1)C(F)(F)F. The minimum atomic E-state index is -4.32. The minimum absolute atomic E-state index is 0.432. The van der Waals surface area contributed by atoms with Crippen LogP contribution in [-0.4, -0.2) is 18.1 Å². The molecule has 82 valence electrons. The lowest BCUT2D eigenvalue weighted by atomic mass is 9.97. The molecule has 0 spiro atoms. The van der Waals surface area contributed by atoms with Crippen LogP contribution in [0.15, 0.2) is 0 Å². The van der Waals surface area contributed by atoms with Gasteiger partial charge in [-0.3, -0.25) is 4.79 Å². The lowest BCUT2D eigenvalue weighted by Crippen LogP contribution is -2.48. The summed E-state index contributed by atoms with van der Waals surface area (Å²) in [6.07, 6.45) is -1.54. The summed E-state index contributed by atoms with van der Waals surface area (Å²) in [7, 11) is 0. The van der Waals surface area contributed by atoms with Crippen LogP contribution in [0.1, 0.15) is 32.6 Å². The predicted octanol–water partition coefficient (Wildman–Crippen LogP) is 2.24. The summed E-state index contributed by atoms with van der Waals surface area (Å²) in [5.74, 6) is -1.04. The molecular formula is C9H14F3NO. The van der Waals surface area contributed by atoms with Gasteiger partial charge in [0.05, 0.1) is 0 Å². The summed E-state index contributed by atoms with van der Waals surface area (Å²) in [5.41, 5.74) is 0. The second-order valence-corrected chi connectivity index (χ2v) is 3.76. The van der Waals surface area contributed by atoms with Crippen molar-refractivity contribution in [3.63, 3.8) is 0 Å². The van der Waals surface area contributed by atoms with Crippen LogP contribution in [0, 0.1) is 5.92 Å². The van der Waals surface area contributed by atoms with Gasteiger partial charge in [-0.25, -0.2) is 0 Å². The molecule has 0 saturated heterocycles. The summed E-state index contributed by atoms with van der Waals surface area (Å²) in [5, 5.41) is 2.00. The largest absolute Gasteiger partial charge is 0.408 e. The molecule has 0 heterocycles. The second-order valence-electron chi connectivity index (χ2n) is 3.76. The Bertz CT molecular complexity index is 209. The maximum Gasteiger partial charge on any atom is 0.408 e. The first kappa shape index (κ1) is 11.3. The Labute approximate surface area is 80.9 Å². The van der Waals surface area contributed by atoms with E-state index in [1.54, 1.807) is 0 Å². The molecular weight excluding hydrogens is 195 g/mol. The van der Waals surface area contributed by atoms with Crippen molar-refractivity contribution in [1.29, 1.82) is 0 Å². The Balaban J connectivity index is 2.65. The molecule has 0 aromatic heterocycles. The zero-order chi connectivity index (χ0) is 10.8. The number of halogens is 3. The smallest absolute Gasteiger partial charge is 0.344 e. The molecule has 0 aromatic rings. The topological polar surface area (TPSA) is 29.1 Å². The minimum Gasteiger partial charge on any atom is -0.344 e. The fourth-order valence-corrected chi connectivity index (χ4v) is 1.98. The Morgan fingerprint density at radius 2 is 1.86 bits per heavy atom. The number of nitrogens with one attached hydrogen (secondary N) is 1. The summed E-state index contributed by atoms with van der Waals surface area (Å²) in [6, 6.07) is -1.65. The second kappa shape index (κ2) is 4.19. The van der Waals surface area contributed by atoms with Crippen LogP contribution in [0.25, 0.3) is 0 Å². The van der Waals surface area contributed by atoms with Crippen LogP contribution in [0.5, 0.6) is 0 Å². The number of carbonyl (C=O) groups excluding carboxylic acids is 1. The number of hydrogen-bond acceptors (Lipinski definition) is 1. The molecule has 2 nitrogen and oxygen atoms in total. The summed E-state index contributed by atoms with van der Waals surface area (Å²) >= 11 is 0. The Morgan fingerprint density at radius 1 is 1.36 bits per heavy atom. The molecule has 5 heteroatoms. The molecule has 1 aliphatic rings. The van der Waals surface area contributed by atoms with E-state index in [2.05, 4.69) is 0 Å². The first-order chi connectivity index (χ1) is 6.41. The summed E-state index contributed by atoms with van der Waals surface area (Å²) in [4.78, 5) is 10.6. The molecule has 1 saturated carbocycles. The third-order valence-corrected chi connectivity index (χ3v) is 2.58. The van der Waals surface area contributed by atoms with Crippen LogP contribution < -0.4 is 5.32 Å². The van der Waals surface area contributed by atoms with Crippen molar-refractivity contribution in [3.05, 3.63) is 0 Å². The summed E-state index contributed by atoms with van der Waals surface area (Å²) in [6.45, 7) is 1.12. The first-order valence-electron chi connectivity index (χ1n) is 4.75. The molecule has 1 aliphatic carbocycles. The molecule has 1 fully saturated rings. The quantitative estimate of drug-likeness (QED) is 0.742. The van der Waals surface area contributed by atoms with Crippen molar-refractivity contribution in [3.8, 4) is 0 Å². The Hall–Kier alpha value is -0.740. The molecule has 0 radical (unpaired) electrons. The third kappa shape index (κ3) is 2.89. The number of carbonyl (C=O) groups is 1. The van der Waals surface area contributed by atoms with Gasteiger partial charge in [-0.15, -0.1) is 0 Å². The molecule has 0 aromatic carbocycles. The van der Waals surface area contributed by atoms with Gasteiger partial charge in [0, 0.05) is 6.92 Å². The summed E-state index contributed by atoms with van der Waals surface area (Å²) < 4.78 is 37.6. The zero-order valence-electron chi connectivity index (χ0n) is 8.03. The number of amides is 1. The van der Waals surface area contributed by atoms with Gasteiger partial charge in [0.25, 0.3) is 0 Å². The van der Waals surface area contributed by atoms with Gasteiger partial charge in [-0.1, -0.05) is 12.8 Å². The van der Waals surface area contributed by atoms with Crippen LogP contribution in [-0.2, 0) is 4.79 Å². The van der Waals surface area contributed by atoms with Gasteiger partial charge >= 0.3 is 6.18 Å². The zero-order valence-corrected chi connectivity index (χ0v) is 8.03. The van der Waals surface area contributed by atoms with Gasteiger partial charge < -0.3 is 5.32 Å². The maximum absolute atomic E-state index is 12.5. The van der Waals surface area contributed by atoms with E-state index < -0.39 is 24.0 Å². The van der Waals surface area contributed by atoms with E-state index in [9.17, 15) is 18.0 Å². The average molecular weight is 209 g/mol. The number of rotatable bonds is 2. The van der Waals surface area contributed by atoms with Crippen molar-refractivity contribution in [1.82, 2.24) is 5.32 Å². The van der Waals surface area contributed by atoms with Crippen molar-refractivity contribution in [2.45, 2.75) is 44.8 Å². The van der Waals surface area contributed by atoms with E-state index >= 15 is 0 Å². The molecule has 1 amide bonds. The Morgan fingerprint density at radius 3 is 2.21 bits per heavy atom. The van der Waals surface area contributed by atoms with E-state index in [1.165, 1.54) is 0 Å². The van der Waals surface area contributed by atoms with Crippen LogP contribution in [0.4, 0.5) is 13.2 Å². The predicted molar refractivity (Wildman–Crippen MR) is 45.6 cm³/mol. The van der Waals surface area contributed by atoms with E-state index in [4.69, 9.17) is 0 Å². The molecule has 1 rings (SSSR count). The number of hydrogen-bond donors (Lipinski definition) is 1. The lowest BCUT2D eigenvalue weighted by Gasteiger charge is -2.26. The highest BCUT2D eigenvalue weighted by atomic mass is 19.4. The van der Waals surface area contributed by atoms with Gasteiger partial charge in [0.2, 0.25) is 5.91 Å². The van der Waals surface area contributed by atoms with Gasteiger partial charge in [-0.05, 0) is 18.8 Å². The molecule has 0 bridgehead atoms. The van der Waals surface area contributed by atoms with Gasteiger partial charge in [-0.2, -0.15) is 13.2 Å². The van der Waals surface area contributed by atoms with Crippen LogP contribution in [0.3, 0.4) is 0 Å². The first-order valence-corrected chi connectivity index (χ1v) is 4.75. The van der Waals surface area contributed by atoms with Crippen molar-refractivity contribution in [2.75, 3.05) is 0 Å². The fourth-order valence-electron chi connectivity index (χ4n) is 1.98. The number of alkyl halides is 3. The average Bonchev–Trinajstić information content (AvgIpc) is 2.49. The maximum atomic E-state index is 12.5. The highest BCUT2D eigenvalue weighted by Gasteiger charge is 2.45. The van der Waals surface area contributed by atoms with Gasteiger partial charge in [0.15, 0.2) is 0 Å². The normalized spacial score (nSPS) is 20.9. The van der Waals surface area contributed by atoms with Crippen molar-refractivity contribution >= 4 is 5.91 Å². The molecule has 1 atom stereocenters. The van der Waals surface area contributed by atoms with E-state index in [1.807, 2.05) is 5.32 Å². The molecule has 14 heavy (non-hydrogen) atoms. The molecule has 1 N–H and O–H groups in total. The monoisotopic (exact) mass is 209 g/mol. The Kier molecular flexibility index (Phi) is 3.39. The van der Waals surface area contributed by atoms with Gasteiger partial charge in [0.1, 0.15) is 6.04 Å². The lowest BCUT2D eigenvalue weighted by molar-refractivity contribution is -0.171. The van der Waals surface area contributed by atoms with E-state index in [-0.39, 0.29) is 0 Å². The van der Waals surface area contributed by atoms with E-state index in [0.29, 0.717) is 12.8 Å². The van der Waals surface area contributed by atoms with E-state index in [0.717, 1.165) is 19.8 Å². The highest BCUT2D eigenvalue weighted by Crippen LogP contribution is 2.35. The fraction of sp³-hybridized carbons (Fsp3) is 0.889. The standard InChI is InChI=1S/C9H14F3NO/c1-6(14)13-8(9(10,11)12)7-4-2-3-5-7/h7-8H,2-5H2,1H3,(H,13,14). The van der Waals surface area contributed by atoms with Crippen LogP contribution in [0.2, 0.25) is 0 Å². The molecule has 1 unspecified atom stereocenters. The van der Waals surface area contributed by atoms with Crippen molar-refractivity contribution in [2.24, 2.45) is 5.92 Å². The van der Waals surface area contributed by atoms with Crippen LogP contribution >= 0.6 is 0 Å². The third-order valence-electron chi connectivity index (χ3n) is 2.58. The highest BCUT2D eigenvalue weighted by molar-refractivity contribution is 5.73. The van der Waals surface area contributed by atoms with Crippen molar-refractivity contribution < 1.29 is 18.0 Å². The molecule has 0 aliphatic heterocycles.